The molecule has 2 rings (SSSR count). The fraction of sp³-hybridized carbons (Fsp3) is 0.750. The van der Waals surface area contributed by atoms with Gasteiger partial charge in [0.05, 0.1) is 58.6 Å². The van der Waals surface area contributed by atoms with Crippen LogP contribution in [0.4, 0.5) is 0 Å². The van der Waals surface area contributed by atoms with Crippen LogP contribution in [-0.2, 0) is 23.8 Å². The van der Waals surface area contributed by atoms with Crippen LogP contribution in [-0.4, -0.2) is 78.4 Å². The van der Waals surface area contributed by atoms with Gasteiger partial charge in [0.2, 0.25) is 0 Å². The maximum Gasteiger partial charge on any atom is 0.161 e. The normalized spacial score (nSPS) is 17.2. The van der Waals surface area contributed by atoms with Crippen LogP contribution in [0.1, 0.15) is 70.8 Å². The van der Waals surface area contributed by atoms with Gasteiger partial charge >= 0.3 is 0 Å². The van der Waals surface area contributed by atoms with E-state index in [9.17, 15) is 0 Å². The fourth-order valence-electron chi connectivity index (χ4n) is 3.64. The average molecular weight is 510 g/mol. The smallest absolute Gasteiger partial charge is 0.161 e. The highest BCUT2D eigenvalue weighted by molar-refractivity contribution is 5.98. The Morgan fingerprint density at radius 2 is 1.17 bits per heavy atom. The second kappa shape index (κ2) is 21.2. The number of hydrogen-bond acceptors (Lipinski definition) is 8. The van der Waals surface area contributed by atoms with Crippen LogP contribution >= 0.6 is 0 Å². The lowest BCUT2D eigenvalue weighted by Gasteiger charge is -2.15. The van der Waals surface area contributed by atoms with Crippen LogP contribution in [0, 0.1) is 0 Å². The van der Waals surface area contributed by atoms with Crippen molar-refractivity contribution in [3.05, 3.63) is 23.8 Å². The molecule has 0 unspecified atom stereocenters. The average Bonchev–Trinajstić information content (AvgIpc) is 2.89. The van der Waals surface area contributed by atoms with Crippen molar-refractivity contribution in [1.29, 1.82) is 0 Å². The molecule has 1 heterocycles. The van der Waals surface area contributed by atoms with Crippen LogP contribution in [0.15, 0.2) is 23.4 Å². The Kier molecular flexibility index (Phi) is 17.9. The lowest BCUT2D eigenvalue weighted by Crippen LogP contribution is -2.16. The molecule has 0 amide bonds. The third-order valence-corrected chi connectivity index (χ3v) is 5.74. The first-order chi connectivity index (χ1) is 17.8. The van der Waals surface area contributed by atoms with Gasteiger partial charge in [0.25, 0.3) is 0 Å². The summed E-state index contributed by atoms with van der Waals surface area (Å²) in [4.78, 5) is 5.57. The molecule has 0 spiro atoms. The topological polar surface area (TPSA) is 77.0 Å². The van der Waals surface area contributed by atoms with Crippen LogP contribution in [0.3, 0.4) is 0 Å². The number of rotatable bonds is 11. The van der Waals surface area contributed by atoms with E-state index in [1.165, 1.54) is 44.9 Å². The van der Waals surface area contributed by atoms with Crippen molar-refractivity contribution in [2.75, 3.05) is 72.7 Å². The first kappa shape index (κ1) is 30.4. The summed E-state index contributed by atoms with van der Waals surface area (Å²) in [5, 5.41) is 4.31. The van der Waals surface area contributed by atoms with E-state index in [4.69, 9.17) is 33.3 Å². The van der Waals surface area contributed by atoms with E-state index >= 15 is 0 Å². The molecule has 0 aliphatic carbocycles. The molecular weight excluding hydrogens is 462 g/mol. The van der Waals surface area contributed by atoms with E-state index in [1.807, 2.05) is 25.1 Å². The monoisotopic (exact) mass is 509 g/mol. The van der Waals surface area contributed by atoms with Gasteiger partial charge in [-0.05, 0) is 38.0 Å². The Balaban J connectivity index is 1.81. The fourth-order valence-corrected chi connectivity index (χ4v) is 3.64. The molecule has 1 aliphatic rings. The third-order valence-electron chi connectivity index (χ3n) is 5.74. The van der Waals surface area contributed by atoms with Crippen LogP contribution in [0.5, 0.6) is 11.5 Å². The minimum atomic E-state index is 0.407. The number of hydrogen-bond donors (Lipinski definition) is 0. The van der Waals surface area contributed by atoms with Gasteiger partial charge in [0.15, 0.2) is 11.5 Å². The van der Waals surface area contributed by atoms with Crippen molar-refractivity contribution in [3.8, 4) is 11.5 Å². The van der Waals surface area contributed by atoms with E-state index in [1.54, 1.807) is 0 Å². The Morgan fingerprint density at radius 1 is 0.667 bits per heavy atom. The Hall–Kier alpha value is -1.87. The molecule has 8 heteroatoms. The predicted molar refractivity (Wildman–Crippen MR) is 141 cm³/mol. The summed E-state index contributed by atoms with van der Waals surface area (Å²) in [6.45, 7) is 9.77. The highest BCUT2D eigenvalue weighted by atomic mass is 16.6. The molecule has 0 fully saturated rings. The highest BCUT2D eigenvalue weighted by Crippen LogP contribution is 2.29. The zero-order valence-electron chi connectivity index (χ0n) is 22.5. The Labute approximate surface area is 217 Å². The standard InChI is InChI=1S/C28H47NO7/c1-3-4-5-6-7-8-9-10-13-36-29-25(2)26-11-12-27-28(24-26)35-23-21-33-19-17-31-15-14-30-16-18-32-20-22-34-27/h11-12,24H,3-10,13-23H2,1-2H3. The number of unbranched alkanes of at least 4 members (excludes halogenated alkanes) is 7. The third kappa shape index (κ3) is 14.6. The van der Waals surface area contributed by atoms with Crippen molar-refractivity contribution in [2.24, 2.45) is 5.16 Å². The van der Waals surface area contributed by atoms with Crippen molar-refractivity contribution in [2.45, 2.75) is 65.2 Å². The molecule has 1 aromatic carbocycles. The maximum absolute atomic E-state index is 5.98. The van der Waals surface area contributed by atoms with Crippen molar-refractivity contribution >= 4 is 5.71 Å². The Bertz CT molecular complexity index is 698. The molecule has 1 aliphatic heterocycles. The van der Waals surface area contributed by atoms with Gasteiger partial charge in [-0.1, -0.05) is 50.6 Å². The first-order valence-corrected chi connectivity index (χ1v) is 13.7. The van der Waals surface area contributed by atoms with Gasteiger partial charge in [-0.2, -0.15) is 0 Å². The van der Waals surface area contributed by atoms with Crippen molar-refractivity contribution in [1.82, 2.24) is 0 Å². The van der Waals surface area contributed by atoms with Gasteiger partial charge in [-0.15, -0.1) is 0 Å². The van der Waals surface area contributed by atoms with E-state index in [-0.39, 0.29) is 0 Å². The molecule has 36 heavy (non-hydrogen) atoms. The van der Waals surface area contributed by atoms with Crippen LogP contribution in [0.25, 0.3) is 0 Å². The van der Waals surface area contributed by atoms with E-state index in [2.05, 4.69) is 12.1 Å². The van der Waals surface area contributed by atoms with E-state index in [0.717, 1.165) is 17.7 Å². The van der Waals surface area contributed by atoms with Gasteiger partial charge in [0, 0.05) is 5.56 Å². The van der Waals surface area contributed by atoms with Crippen molar-refractivity contribution < 1.29 is 33.3 Å². The lowest BCUT2D eigenvalue weighted by atomic mass is 10.1. The molecule has 0 aromatic heterocycles. The number of ether oxygens (including phenoxy) is 6. The molecule has 0 radical (unpaired) electrons. The number of nitrogens with zero attached hydrogens (tertiary/aromatic N) is 1. The van der Waals surface area contributed by atoms with Crippen LogP contribution in [0.2, 0.25) is 0 Å². The molecule has 8 nitrogen and oxygen atoms in total. The number of fused-ring (bicyclic) bond motifs is 1. The predicted octanol–water partition coefficient (Wildman–Crippen LogP) is 5.41. The molecule has 0 atom stereocenters. The summed E-state index contributed by atoms with van der Waals surface area (Å²) in [5.74, 6) is 1.31. The SMILES string of the molecule is CCCCCCCCCCON=C(C)c1ccc2c(c1)OCCOCCOCCOCCOCCO2. The molecule has 1 aromatic rings. The largest absolute Gasteiger partial charge is 0.487 e. The molecule has 0 bridgehead atoms. The minimum absolute atomic E-state index is 0.407. The highest BCUT2D eigenvalue weighted by Gasteiger charge is 2.10. The molecule has 0 N–H and O–H groups in total. The van der Waals surface area contributed by atoms with Gasteiger partial charge < -0.3 is 33.3 Å². The summed E-state index contributed by atoms with van der Waals surface area (Å²) >= 11 is 0. The summed E-state index contributed by atoms with van der Waals surface area (Å²) in [7, 11) is 0. The minimum Gasteiger partial charge on any atom is -0.487 e. The second-order valence-corrected chi connectivity index (χ2v) is 8.79. The summed E-state index contributed by atoms with van der Waals surface area (Å²) in [6.07, 6.45) is 10.2. The Morgan fingerprint density at radius 3 is 1.75 bits per heavy atom. The molecule has 0 saturated heterocycles. The molecular formula is C28H47NO7. The first-order valence-electron chi connectivity index (χ1n) is 13.7. The quantitative estimate of drug-likeness (QED) is 0.224. The zero-order chi connectivity index (χ0) is 25.5. The molecule has 206 valence electrons. The second-order valence-electron chi connectivity index (χ2n) is 8.79. The number of oxime groups is 1. The number of benzene rings is 1. The lowest BCUT2D eigenvalue weighted by molar-refractivity contribution is -0.00841. The van der Waals surface area contributed by atoms with E-state index < -0.39 is 0 Å². The van der Waals surface area contributed by atoms with E-state index in [0.29, 0.717) is 84.2 Å². The zero-order valence-corrected chi connectivity index (χ0v) is 22.5. The molecule has 0 saturated carbocycles. The van der Waals surface area contributed by atoms with Gasteiger partial charge in [0.1, 0.15) is 19.8 Å². The van der Waals surface area contributed by atoms with Gasteiger partial charge in [-0.3, -0.25) is 0 Å². The summed E-state index contributed by atoms with van der Waals surface area (Å²) in [5.41, 5.74) is 1.73. The van der Waals surface area contributed by atoms with Gasteiger partial charge in [-0.25, -0.2) is 0 Å². The van der Waals surface area contributed by atoms with Crippen molar-refractivity contribution in [3.63, 3.8) is 0 Å². The summed E-state index contributed by atoms with van der Waals surface area (Å²) < 4.78 is 34.0. The maximum atomic E-state index is 5.98. The summed E-state index contributed by atoms with van der Waals surface area (Å²) in [6, 6.07) is 5.80. The van der Waals surface area contributed by atoms with Crippen LogP contribution < -0.4 is 9.47 Å².